The van der Waals surface area contributed by atoms with Crippen LogP contribution in [-0.4, -0.2) is 37.8 Å². The van der Waals surface area contributed by atoms with Crippen LogP contribution in [0.5, 0.6) is 0 Å². The van der Waals surface area contributed by atoms with Crippen molar-refractivity contribution < 1.29 is 4.74 Å². The molecule has 0 bridgehead atoms. The first-order valence-electron chi connectivity index (χ1n) is 7.78. The molecule has 2 saturated carbocycles. The van der Waals surface area contributed by atoms with E-state index >= 15 is 0 Å². The smallest absolute Gasteiger partial charge is 0.0641 e. The van der Waals surface area contributed by atoms with Gasteiger partial charge in [0.25, 0.3) is 0 Å². The maximum Gasteiger partial charge on any atom is 0.0641 e. The first-order valence-corrected chi connectivity index (χ1v) is 7.78. The number of pyridine rings is 1. The van der Waals surface area contributed by atoms with E-state index in [9.17, 15) is 0 Å². The third-order valence-electron chi connectivity index (χ3n) is 4.08. The fourth-order valence-corrected chi connectivity index (χ4v) is 2.31. The van der Waals surface area contributed by atoms with Crippen molar-refractivity contribution in [1.82, 2.24) is 10.3 Å². The molecule has 1 aromatic heterocycles. The first-order chi connectivity index (χ1) is 9.83. The number of nitrogens with zero attached hydrogens (tertiary/aromatic N) is 2. The largest absolute Gasteiger partial charge is 0.379 e. The van der Waals surface area contributed by atoms with Crippen LogP contribution in [0.2, 0.25) is 0 Å². The van der Waals surface area contributed by atoms with Crippen LogP contribution in [0, 0.1) is 5.92 Å². The molecule has 4 nitrogen and oxygen atoms in total. The zero-order chi connectivity index (χ0) is 13.8. The van der Waals surface area contributed by atoms with Crippen molar-refractivity contribution in [3.8, 4) is 0 Å². The van der Waals surface area contributed by atoms with E-state index in [0.717, 1.165) is 38.3 Å². The summed E-state index contributed by atoms with van der Waals surface area (Å²) in [7, 11) is 2.12. The highest BCUT2D eigenvalue weighted by Gasteiger charge is 2.22. The maximum absolute atomic E-state index is 5.72. The fourth-order valence-electron chi connectivity index (χ4n) is 2.31. The minimum atomic E-state index is 0.739. The Balaban J connectivity index is 1.47. The van der Waals surface area contributed by atoms with Gasteiger partial charge >= 0.3 is 0 Å². The molecule has 0 unspecified atom stereocenters. The first kappa shape index (κ1) is 13.8. The van der Waals surface area contributed by atoms with Gasteiger partial charge in [-0.05, 0) is 43.2 Å². The van der Waals surface area contributed by atoms with E-state index < -0.39 is 0 Å². The van der Waals surface area contributed by atoms with Crippen LogP contribution in [-0.2, 0) is 11.3 Å². The van der Waals surface area contributed by atoms with Gasteiger partial charge in [-0.1, -0.05) is 0 Å². The Morgan fingerprint density at radius 3 is 2.95 bits per heavy atom. The van der Waals surface area contributed by atoms with E-state index in [1.165, 1.54) is 36.9 Å². The van der Waals surface area contributed by atoms with Crippen LogP contribution in [0.1, 0.15) is 31.2 Å². The molecule has 2 aliphatic carbocycles. The van der Waals surface area contributed by atoms with Crippen LogP contribution < -0.4 is 10.2 Å². The van der Waals surface area contributed by atoms with E-state index in [0.29, 0.717) is 0 Å². The van der Waals surface area contributed by atoms with Crippen LogP contribution >= 0.6 is 0 Å². The molecule has 1 aromatic rings. The molecule has 0 atom stereocenters. The van der Waals surface area contributed by atoms with Crippen LogP contribution in [0.3, 0.4) is 0 Å². The van der Waals surface area contributed by atoms with Gasteiger partial charge in [0.2, 0.25) is 0 Å². The molecule has 20 heavy (non-hydrogen) atoms. The van der Waals surface area contributed by atoms with E-state index in [2.05, 4.69) is 28.3 Å². The van der Waals surface area contributed by atoms with Crippen molar-refractivity contribution in [3.05, 3.63) is 24.0 Å². The molecule has 1 heterocycles. The number of nitrogens with one attached hydrogen (secondary N) is 1. The lowest BCUT2D eigenvalue weighted by atomic mass is 10.2. The standard InChI is InChI=1S/C16H25N3O/c1-19(8-9-20-12-13-2-3-13)16-11-17-7-6-14(16)10-18-15-4-5-15/h6-7,11,13,15,18H,2-5,8-10,12H2,1H3. The van der Waals surface area contributed by atoms with E-state index in [1.807, 2.05) is 12.4 Å². The summed E-state index contributed by atoms with van der Waals surface area (Å²) in [4.78, 5) is 6.52. The second-order valence-electron chi connectivity index (χ2n) is 6.10. The molecule has 2 fully saturated rings. The molecule has 2 aliphatic rings. The van der Waals surface area contributed by atoms with Crippen LogP contribution in [0.4, 0.5) is 5.69 Å². The quantitative estimate of drug-likeness (QED) is 0.701. The Bertz CT molecular complexity index is 429. The lowest BCUT2D eigenvalue weighted by Gasteiger charge is -2.22. The van der Waals surface area contributed by atoms with E-state index in [4.69, 9.17) is 4.74 Å². The Labute approximate surface area is 121 Å². The Morgan fingerprint density at radius 1 is 1.35 bits per heavy atom. The van der Waals surface area contributed by atoms with Crippen molar-refractivity contribution in [1.29, 1.82) is 0 Å². The number of likely N-dealkylation sites (N-methyl/N-ethyl adjacent to an activating group) is 1. The number of hydrogen-bond acceptors (Lipinski definition) is 4. The van der Waals surface area contributed by atoms with Gasteiger partial charge in [-0.15, -0.1) is 0 Å². The van der Waals surface area contributed by atoms with Crippen molar-refractivity contribution in [3.63, 3.8) is 0 Å². The molecule has 4 heteroatoms. The zero-order valence-electron chi connectivity index (χ0n) is 12.3. The van der Waals surface area contributed by atoms with Crippen molar-refractivity contribution in [2.24, 2.45) is 5.92 Å². The van der Waals surface area contributed by atoms with Gasteiger partial charge in [-0.2, -0.15) is 0 Å². The summed E-state index contributed by atoms with van der Waals surface area (Å²) in [5.74, 6) is 0.844. The maximum atomic E-state index is 5.72. The molecule has 0 amide bonds. The topological polar surface area (TPSA) is 37.4 Å². The molecule has 0 radical (unpaired) electrons. The summed E-state index contributed by atoms with van der Waals surface area (Å²) in [6.07, 6.45) is 9.21. The van der Waals surface area contributed by atoms with Gasteiger partial charge in [0.05, 0.1) is 18.5 Å². The molecular weight excluding hydrogens is 250 g/mol. The molecule has 0 saturated heterocycles. The number of anilines is 1. The normalized spacial score (nSPS) is 18.2. The predicted octanol–water partition coefficient (Wildman–Crippen LogP) is 2.20. The van der Waals surface area contributed by atoms with Gasteiger partial charge in [0.15, 0.2) is 0 Å². The van der Waals surface area contributed by atoms with E-state index in [-0.39, 0.29) is 0 Å². The van der Waals surface area contributed by atoms with Crippen molar-refractivity contribution in [2.45, 2.75) is 38.3 Å². The fraction of sp³-hybridized carbons (Fsp3) is 0.688. The SMILES string of the molecule is CN(CCOCC1CC1)c1cnccc1CNC1CC1. The Morgan fingerprint density at radius 2 is 2.20 bits per heavy atom. The average molecular weight is 275 g/mol. The Kier molecular flexibility index (Phi) is 4.53. The highest BCUT2D eigenvalue weighted by atomic mass is 16.5. The molecule has 0 spiro atoms. The minimum absolute atomic E-state index is 0.739. The van der Waals surface area contributed by atoms with Crippen LogP contribution in [0.15, 0.2) is 18.5 Å². The lowest BCUT2D eigenvalue weighted by molar-refractivity contribution is 0.131. The third-order valence-corrected chi connectivity index (χ3v) is 4.08. The van der Waals surface area contributed by atoms with E-state index in [1.54, 1.807) is 0 Å². The highest BCUT2D eigenvalue weighted by Crippen LogP contribution is 2.28. The minimum Gasteiger partial charge on any atom is -0.379 e. The molecule has 0 aromatic carbocycles. The number of rotatable bonds is 9. The summed E-state index contributed by atoms with van der Waals surface area (Å²) < 4.78 is 5.72. The van der Waals surface area contributed by atoms with Gasteiger partial charge in [0.1, 0.15) is 0 Å². The molecule has 0 aliphatic heterocycles. The Hall–Kier alpha value is -1.13. The van der Waals surface area contributed by atoms with Gasteiger partial charge < -0.3 is 15.0 Å². The van der Waals surface area contributed by atoms with Gasteiger partial charge in [-0.3, -0.25) is 4.98 Å². The van der Waals surface area contributed by atoms with Crippen molar-refractivity contribution >= 4 is 5.69 Å². The second kappa shape index (κ2) is 6.55. The third kappa shape index (κ3) is 4.18. The number of aromatic nitrogens is 1. The average Bonchev–Trinajstić information content (AvgIpc) is 3.36. The number of hydrogen-bond donors (Lipinski definition) is 1. The molecule has 3 rings (SSSR count). The van der Waals surface area contributed by atoms with Gasteiger partial charge in [-0.25, -0.2) is 0 Å². The van der Waals surface area contributed by atoms with Gasteiger partial charge in [0, 0.05) is 39.0 Å². The summed E-state index contributed by atoms with van der Waals surface area (Å²) in [5, 5.41) is 3.57. The summed E-state index contributed by atoms with van der Waals surface area (Å²) in [6.45, 7) is 3.61. The molecule has 110 valence electrons. The summed E-state index contributed by atoms with van der Waals surface area (Å²) >= 11 is 0. The lowest BCUT2D eigenvalue weighted by Crippen LogP contribution is -2.25. The molecule has 1 N–H and O–H groups in total. The highest BCUT2D eigenvalue weighted by molar-refractivity contribution is 5.51. The zero-order valence-corrected chi connectivity index (χ0v) is 12.3. The summed E-state index contributed by atoms with van der Waals surface area (Å²) in [5.41, 5.74) is 2.55. The number of ether oxygens (including phenoxy) is 1. The predicted molar refractivity (Wildman–Crippen MR) is 80.9 cm³/mol. The van der Waals surface area contributed by atoms with Crippen molar-refractivity contribution in [2.75, 3.05) is 31.7 Å². The summed E-state index contributed by atoms with van der Waals surface area (Å²) in [6, 6.07) is 2.86. The van der Waals surface area contributed by atoms with Crippen LogP contribution in [0.25, 0.3) is 0 Å². The monoisotopic (exact) mass is 275 g/mol. The molecular formula is C16H25N3O. The second-order valence-corrected chi connectivity index (χ2v) is 6.10.